The van der Waals surface area contributed by atoms with Crippen molar-refractivity contribution in [3.63, 3.8) is 0 Å². The summed E-state index contributed by atoms with van der Waals surface area (Å²) in [5.74, 6) is 0.679. The molecule has 2 aliphatic heterocycles. The minimum Gasteiger partial charge on any atom is -0.444 e. The number of carbonyl (C=O) groups excluding carboxylic acids is 1. The summed E-state index contributed by atoms with van der Waals surface area (Å²) in [6.07, 6.45) is 4.56. The van der Waals surface area contributed by atoms with Gasteiger partial charge in [0.2, 0.25) is 0 Å². The van der Waals surface area contributed by atoms with Crippen LogP contribution in [0.15, 0.2) is 0 Å². The van der Waals surface area contributed by atoms with Gasteiger partial charge in [-0.05, 0) is 72.0 Å². The molecule has 2 fully saturated rings. The summed E-state index contributed by atoms with van der Waals surface area (Å²) in [4.78, 5) is 16.5. The SMILES string of the molecule is CC(C)(C)OC(=O)N1CCC(N2CCCC(CN)CC2)C1. The Balaban J connectivity index is 1.83. The predicted molar refractivity (Wildman–Crippen MR) is 84.2 cm³/mol. The zero-order valence-electron chi connectivity index (χ0n) is 13.8. The first-order chi connectivity index (χ1) is 9.89. The van der Waals surface area contributed by atoms with Gasteiger partial charge in [0.25, 0.3) is 0 Å². The number of hydrogen-bond donors (Lipinski definition) is 1. The second kappa shape index (κ2) is 6.97. The summed E-state index contributed by atoms with van der Waals surface area (Å²) in [6, 6.07) is 0.494. The van der Waals surface area contributed by atoms with Crippen LogP contribution in [0.1, 0.15) is 46.5 Å². The fourth-order valence-electron chi connectivity index (χ4n) is 3.32. The van der Waals surface area contributed by atoms with Crippen molar-refractivity contribution in [3.8, 4) is 0 Å². The highest BCUT2D eigenvalue weighted by molar-refractivity contribution is 5.68. The number of nitrogens with zero attached hydrogens (tertiary/aromatic N) is 2. The summed E-state index contributed by atoms with van der Waals surface area (Å²) in [5.41, 5.74) is 5.39. The van der Waals surface area contributed by atoms with E-state index in [0.717, 1.165) is 39.1 Å². The Morgan fingerprint density at radius 1 is 1.19 bits per heavy atom. The van der Waals surface area contributed by atoms with Gasteiger partial charge in [-0.2, -0.15) is 0 Å². The van der Waals surface area contributed by atoms with Crippen LogP contribution in [0.4, 0.5) is 4.79 Å². The minimum atomic E-state index is -0.411. The first kappa shape index (κ1) is 16.6. The van der Waals surface area contributed by atoms with Crippen molar-refractivity contribution >= 4 is 6.09 Å². The average Bonchev–Trinajstić information content (AvgIpc) is 2.76. The Hall–Kier alpha value is -0.810. The summed E-state index contributed by atoms with van der Waals surface area (Å²) < 4.78 is 5.47. The van der Waals surface area contributed by atoms with E-state index in [1.165, 1.54) is 19.3 Å². The molecule has 2 atom stereocenters. The predicted octanol–water partition coefficient (Wildman–Crippen LogP) is 2.06. The van der Waals surface area contributed by atoms with E-state index in [2.05, 4.69) is 4.90 Å². The van der Waals surface area contributed by atoms with E-state index in [1.54, 1.807) is 0 Å². The molecule has 0 aliphatic carbocycles. The van der Waals surface area contributed by atoms with Crippen LogP contribution in [-0.2, 0) is 4.74 Å². The molecule has 0 bridgehead atoms. The van der Waals surface area contributed by atoms with E-state index < -0.39 is 5.60 Å². The number of rotatable bonds is 2. The normalized spacial score (nSPS) is 28.5. The fraction of sp³-hybridized carbons (Fsp3) is 0.938. The first-order valence-corrected chi connectivity index (χ1v) is 8.31. The van der Waals surface area contributed by atoms with E-state index in [0.29, 0.717) is 12.0 Å². The Morgan fingerprint density at radius 2 is 1.95 bits per heavy atom. The molecule has 0 radical (unpaired) electrons. The number of hydrogen-bond acceptors (Lipinski definition) is 4. The number of likely N-dealkylation sites (tertiary alicyclic amines) is 2. The smallest absolute Gasteiger partial charge is 0.410 e. The highest BCUT2D eigenvalue weighted by Crippen LogP contribution is 2.23. The van der Waals surface area contributed by atoms with Gasteiger partial charge in [0.15, 0.2) is 0 Å². The molecule has 5 nitrogen and oxygen atoms in total. The number of carbonyl (C=O) groups is 1. The van der Waals surface area contributed by atoms with Crippen molar-refractivity contribution in [2.75, 3.05) is 32.7 Å². The molecule has 2 heterocycles. The summed E-state index contributed by atoms with van der Waals surface area (Å²) in [7, 11) is 0. The molecule has 2 saturated heterocycles. The van der Waals surface area contributed by atoms with Crippen molar-refractivity contribution in [1.82, 2.24) is 9.80 Å². The van der Waals surface area contributed by atoms with Gasteiger partial charge in [0, 0.05) is 19.1 Å². The number of nitrogens with two attached hydrogens (primary N) is 1. The van der Waals surface area contributed by atoms with Crippen LogP contribution in [0.2, 0.25) is 0 Å². The maximum atomic E-state index is 12.1. The highest BCUT2D eigenvalue weighted by atomic mass is 16.6. The van der Waals surface area contributed by atoms with Crippen LogP contribution >= 0.6 is 0 Å². The Kier molecular flexibility index (Phi) is 5.49. The number of amides is 1. The Bertz CT molecular complexity index is 354. The minimum absolute atomic E-state index is 0.167. The maximum absolute atomic E-state index is 12.1. The highest BCUT2D eigenvalue weighted by Gasteiger charge is 2.33. The van der Waals surface area contributed by atoms with Crippen molar-refractivity contribution in [2.45, 2.75) is 58.1 Å². The molecule has 2 rings (SSSR count). The van der Waals surface area contributed by atoms with Gasteiger partial charge in [-0.25, -0.2) is 4.79 Å². The third-order valence-corrected chi connectivity index (χ3v) is 4.55. The fourth-order valence-corrected chi connectivity index (χ4v) is 3.32. The van der Waals surface area contributed by atoms with Crippen LogP contribution < -0.4 is 5.73 Å². The molecule has 0 aromatic carbocycles. The van der Waals surface area contributed by atoms with Crippen LogP contribution in [0, 0.1) is 5.92 Å². The lowest BCUT2D eigenvalue weighted by atomic mass is 10.0. The van der Waals surface area contributed by atoms with Gasteiger partial charge in [0.05, 0.1) is 0 Å². The Morgan fingerprint density at radius 3 is 2.62 bits per heavy atom. The monoisotopic (exact) mass is 297 g/mol. The van der Waals surface area contributed by atoms with Gasteiger partial charge in [-0.1, -0.05) is 0 Å². The molecule has 1 amide bonds. The largest absolute Gasteiger partial charge is 0.444 e. The van der Waals surface area contributed by atoms with Crippen molar-refractivity contribution in [3.05, 3.63) is 0 Å². The zero-order chi connectivity index (χ0) is 15.5. The Labute approximate surface area is 128 Å². The van der Waals surface area contributed by atoms with E-state index in [9.17, 15) is 4.79 Å². The van der Waals surface area contributed by atoms with Crippen LogP contribution in [0.5, 0.6) is 0 Å². The van der Waals surface area contributed by atoms with Crippen LogP contribution in [0.25, 0.3) is 0 Å². The number of ether oxygens (including phenoxy) is 1. The molecular weight excluding hydrogens is 266 g/mol. The van der Waals surface area contributed by atoms with Crippen LogP contribution in [0.3, 0.4) is 0 Å². The second-order valence-corrected chi connectivity index (χ2v) is 7.44. The van der Waals surface area contributed by atoms with Gasteiger partial charge in [-0.15, -0.1) is 0 Å². The molecule has 5 heteroatoms. The zero-order valence-corrected chi connectivity index (χ0v) is 13.8. The maximum Gasteiger partial charge on any atom is 0.410 e. The third-order valence-electron chi connectivity index (χ3n) is 4.55. The molecular formula is C16H31N3O2. The lowest BCUT2D eigenvalue weighted by Crippen LogP contribution is -2.41. The molecule has 2 unspecified atom stereocenters. The molecule has 2 aliphatic rings. The molecule has 0 saturated carbocycles. The molecule has 0 aromatic heterocycles. The summed E-state index contributed by atoms with van der Waals surface area (Å²) >= 11 is 0. The van der Waals surface area contributed by atoms with E-state index >= 15 is 0 Å². The van der Waals surface area contributed by atoms with E-state index in [4.69, 9.17) is 10.5 Å². The molecule has 0 spiro atoms. The van der Waals surface area contributed by atoms with E-state index in [-0.39, 0.29) is 6.09 Å². The van der Waals surface area contributed by atoms with Crippen molar-refractivity contribution in [2.24, 2.45) is 11.7 Å². The van der Waals surface area contributed by atoms with Gasteiger partial charge < -0.3 is 15.4 Å². The molecule has 0 aromatic rings. The van der Waals surface area contributed by atoms with Gasteiger partial charge in [0.1, 0.15) is 5.60 Å². The summed E-state index contributed by atoms with van der Waals surface area (Å²) in [6.45, 7) is 10.4. The molecule has 2 N–H and O–H groups in total. The van der Waals surface area contributed by atoms with E-state index in [1.807, 2.05) is 25.7 Å². The van der Waals surface area contributed by atoms with Crippen molar-refractivity contribution in [1.29, 1.82) is 0 Å². The molecule has 21 heavy (non-hydrogen) atoms. The molecule has 122 valence electrons. The lowest BCUT2D eigenvalue weighted by Gasteiger charge is -2.28. The van der Waals surface area contributed by atoms with Crippen LogP contribution in [-0.4, -0.2) is 60.3 Å². The van der Waals surface area contributed by atoms with Gasteiger partial charge >= 0.3 is 6.09 Å². The lowest BCUT2D eigenvalue weighted by molar-refractivity contribution is 0.0280. The third kappa shape index (κ3) is 4.85. The topological polar surface area (TPSA) is 58.8 Å². The second-order valence-electron chi connectivity index (χ2n) is 7.44. The van der Waals surface area contributed by atoms with Crippen molar-refractivity contribution < 1.29 is 9.53 Å². The average molecular weight is 297 g/mol. The first-order valence-electron chi connectivity index (χ1n) is 8.31. The summed E-state index contributed by atoms with van der Waals surface area (Å²) in [5, 5.41) is 0. The van der Waals surface area contributed by atoms with Gasteiger partial charge in [-0.3, -0.25) is 4.90 Å². The standard InChI is InChI=1S/C16H31N3O2/c1-16(2,3)21-15(20)19-10-7-14(12-19)18-8-4-5-13(11-17)6-9-18/h13-14H,4-12,17H2,1-3H3. The quantitative estimate of drug-likeness (QED) is 0.847.